The van der Waals surface area contributed by atoms with E-state index in [-0.39, 0.29) is 17.9 Å². The highest BCUT2D eigenvalue weighted by molar-refractivity contribution is 6.42. The van der Waals surface area contributed by atoms with Crippen LogP contribution in [0.3, 0.4) is 0 Å². The number of fused-ring (bicyclic) bond motifs is 3. The Hall–Kier alpha value is -1.92. The van der Waals surface area contributed by atoms with Gasteiger partial charge in [0, 0.05) is 13.1 Å². The fourth-order valence-corrected chi connectivity index (χ4v) is 4.93. The molecule has 3 atom stereocenters. The molecule has 138 valence electrons. The molecule has 2 aromatic carbocycles. The number of amides is 2. The maximum absolute atomic E-state index is 13.4. The second-order valence-electron chi connectivity index (χ2n) is 7.12. The first-order chi connectivity index (χ1) is 13.1. The first kappa shape index (κ1) is 17.2. The SMILES string of the molecule is O=C1[C@@H]2[C@H](C(=O)N1c1ccc(Cl)c(Cl)c1)N1CCCN1[C@H]2c1ccccc1. The number of halogens is 2. The first-order valence-electron chi connectivity index (χ1n) is 8.99. The fraction of sp³-hybridized carbons (Fsp3) is 0.300. The maximum atomic E-state index is 13.4. The standard InChI is InChI=1S/C20H17Cl2N3O2/c21-14-8-7-13(11-15(14)22)25-19(26)16-17(12-5-2-1-3-6-12)23-9-4-10-24(23)18(16)20(25)27/h1-3,5-8,11,16-18H,4,9-10H2/t16-,17-,18+/m0/s1. The monoisotopic (exact) mass is 401 g/mol. The molecule has 2 aromatic rings. The lowest BCUT2D eigenvalue weighted by atomic mass is 9.90. The molecule has 0 aliphatic carbocycles. The van der Waals surface area contributed by atoms with Crippen molar-refractivity contribution in [1.29, 1.82) is 0 Å². The highest BCUT2D eigenvalue weighted by Crippen LogP contribution is 2.49. The topological polar surface area (TPSA) is 43.9 Å². The van der Waals surface area contributed by atoms with Crippen LogP contribution in [0.4, 0.5) is 5.69 Å². The van der Waals surface area contributed by atoms with Gasteiger partial charge in [-0.25, -0.2) is 14.9 Å². The van der Waals surface area contributed by atoms with Crippen molar-refractivity contribution in [3.8, 4) is 0 Å². The zero-order valence-corrected chi connectivity index (χ0v) is 15.9. The fourth-order valence-electron chi connectivity index (χ4n) is 4.64. The van der Waals surface area contributed by atoms with E-state index in [1.807, 2.05) is 30.3 Å². The van der Waals surface area contributed by atoms with Crippen LogP contribution in [0.2, 0.25) is 10.0 Å². The molecule has 0 spiro atoms. The van der Waals surface area contributed by atoms with Crippen LogP contribution in [0.25, 0.3) is 0 Å². The summed E-state index contributed by atoms with van der Waals surface area (Å²) in [7, 11) is 0. The van der Waals surface area contributed by atoms with E-state index in [1.54, 1.807) is 18.2 Å². The van der Waals surface area contributed by atoms with Gasteiger partial charge in [-0.3, -0.25) is 9.59 Å². The Labute approximate surface area is 167 Å². The van der Waals surface area contributed by atoms with E-state index in [9.17, 15) is 9.59 Å². The summed E-state index contributed by atoms with van der Waals surface area (Å²) >= 11 is 12.1. The number of imide groups is 1. The zero-order chi connectivity index (χ0) is 18.7. The average molecular weight is 402 g/mol. The molecule has 7 heteroatoms. The van der Waals surface area contributed by atoms with E-state index in [0.29, 0.717) is 15.7 Å². The molecule has 0 bridgehead atoms. The van der Waals surface area contributed by atoms with Gasteiger partial charge in [0.15, 0.2) is 0 Å². The molecule has 3 heterocycles. The summed E-state index contributed by atoms with van der Waals surface area (Å²) in [6.07, 6.45) is 0.987. The van der Waals surface area contributed by atoms with Gasteiger partial charge in [0.2, 0.25) is 5.91 Å². The van der Waals surface area contributed by atoms with Gasteiger partial charge in [0.25, 0.3) is 5.91 Å². The van der Waals surface area contributed by atoms with Crippen molar-refractivity contribution >= 4 is 40.7 Å². The molecule has 0 unspecified atom stereocenters. The van der Waals surface area contributed by atoms with Crippen LogP contribution in [0.1, 0.15) is 18.0 Å². The van der Waals surface area contributed by atoms with Crippen molar-refractivity contribution in [2.45, 2.75) is 18.5 Å². The predicted molar refractivity (Wildman–Crippen MR) is 103 cm³/mol. The summed E-state index contributed by atoms with van der Waals surface area (Å²) in [5.41, 5.74) is 1.54. The first-order valence-corrected chi connectivity index (χ1v) is 9.74. The van der Waals surface area contributed by atoms with Gasteiger partial charge in [0.05, 0.1) is 27.7 Å². The number of carbonyl (C=O) groups excluding carboxylic acids is 2. The van der Waals surface area contributed by atoms with Gasteiger partial charge < -0.3 is 0 Å². The molecule has 27 heavy (non-hydrogen) atoms. The normalized spacial score (nSPS) is 28.1. The molecule has 3 aliphatic heterocycles. The van der Waals surface area contributed by atoms with Gasteiger partial charge in [-0.05, 0) is 30.2 Å². The second kappa shape index (κ2) is 6.31. The minimum atomic E-state index is -0.459. The van der Waals surface area contributed by atoms with Crippen LogP contribution < -0.4 is 4.90 Å². The Morgan fingerprint density at radius 2 is 1.52 bits per heavy atom. The highest BCUT2D eigenvalue weighted by atomic mass is 35.5. The lowest BCUT2D eigenvalue weighted by molar-refractivity contribution is -0.126. The van der Waals surface area contributed by atoms with Crippen LogP contribution in [-0.2, 0) is 9.59 Å². The molecule has 5 nitrogen and oxygen atoms in total. The molecule has 2 amide bonds. The smallest absolute Gasteiger partial charge is 0.253 e. The van der Waals surface area contributed by atoms with Gasteiger partial charge in [-0.15, -0.1) is 0 Å². The predicted octanol–water partition coefficient (Wildman–Crippen LogP) is 3.53. The van der Waals surface area contributed by atoms with Gasteiger partial charge >= 0.3 is 0 Å². The Morgan fingerprint density at radius 1 is 0.815 bits per heavy atom. The van der Waals surface area contributed by atoms with Gasteiger partial charge in [0.1, 0.15) is 6.04 Å². The van der Waals surface area contributed by atoms with Gasteiger partial charge in [-0.1, -0.05) is 53.5 Å². The maximum Gasteiger partial charge on any atom is 0.253 e. The molecule has 3 aliphatic rings. The number of hydrogen-bond donors (Lipinski definition) is 0. The summed E-state index contributed by atoms with van der Waals surface area (Å²) in [6, 6.07) is 14.3. The molecular formula is C20H17Cl2N3O2. The van der Waals surface area contributed by atoms with E-state index in [2.05, 4.69) is 10.0 Å². The summed E-state index contributed by atoms with van der Waals surface area (Å²) in [6.45, 7) is 1.65. The molecule has 5 rings (SSSR count). The second-order valence-corrected chi connectivity index (χ2v) is 7.93. The minimum absolute atomic E-state index is 0.122. The van der Waals surface area contributed by atoms with Crippen LogP contribution in [0.15, 0.2) is 48.5 Å². The van der Waals surface area contributed by atoms with E-state index < -0.39 is 12.0 Å². The lowest BCUT2D eigenvalue weighted by Gasteiger charge is -2.29. The summed E-state index contributed by atoms with van der Waals surface area (Å²) < 4.78 is 0. The number of rotatable bonds is 2. The number of carbonyl (C=O) groups is 2. The van der Waals surface area contributed by atoms with Gasteiger partial charge in [-0.2, -0.15) is 0 Å². The molecule has 3 fully saturated rings. The molecule has 0 aromatic heterocycles. The molecule has 0 saturated carbocycles. The van der Waals surface area contributed by atoms with E-state index in [1.165, 1.54) is 4.90 Å². The minimum Gasteiger partial charge on any atom is -0.274 e. The van der Waals surface area contributed by atoms with Crippen LogP contribution in [-0.4, -0.2) is 41.0 Å². The molecular weight excluding hydrogens is 385 g/mol. The zero-order valence-electron chi connectivity index (χ0n) is 14.4. The summed E-state index contributed by atoms with van der Waals surface area (Å²) in [5.74, 6) is -0.782. The van der Waals surface area contributed by atoms with Crippen molar-refractivity contribution in [2.75, 3.05) is 18.0 Å². The van der Waals surface area contributed by atoms with Crippen LogP contribution in [0, 0.1) is 5.92 Å². The summed E-state index contributed by atoms with van der Waals surface area (Å²) in [5, 5.41) is 5.01. The Morgan fingerprint density at radius 3 is 2.22 bits per heavy atom. The van der Waals surface area contributed by atoms with Crippen molar-refractivity contribution in [3.63, 3.8) is 0 Å². The number of hydrazine groups is 1. The Kier molecular flexibility index (Phi) is 4.02. The molecule has 3 saturated heterocycles. The Bertz CT molecular complexity index is 936. The van der Waals surface area contributed by atoms with E-state index >= 15 is 0 Å². The third kappa shape index (κ3) is 2.46. The number of anilines is 1. The van der Waals surface area contributed by atoms with Crippen LogP contribution >= 0.6 is 23.2 Å². The lowest BCUT2D eigenvalue weighted by Crippen LogP contribution is -2.44. The summed E-state index contributed by atoms with van der Waals surface area (Å²) in [4.78, 5) is 27.9. The van der Waals surface area contributed by atoms with Crippen molar-refractivity contribution < 1.29 is 9.59 Å². The molecule has 0 N–H and O–H groups in total. The van der Waals surface area contributed by atoms with E-state index in [0.717, 1.165) is 25.1 Å². The Balaban J connectivity index is 1.59. The third-order valence-corrected chi connectivity index (χ3v) is 6.45. The number of benzene rings is 2. The van der Waals surface area contributed by atoms with Crippen molar-refractivity contribution in [3.05, 3.63) is 64.1 Å². The number of hydrogen-bond acceptors (Lipinski definition) is 4. The average Bonchev–Trinajstić information content (AvgIpc) is 3.31. The molecule has 0 radical (unpaired) electrons. The van der Waals surface area contributed by atoms with Crippen LogP contribution in [0.5, 0.6) is 0 Å². The van der Waals surface area contributed by atoms with Crippen molar-refractivity contribution in [2.24, 2.45) is 5.92 Å². The highest BCUT2D eigenvalue weighted by Gasteiger charge is 2.62. The largest absolute Gasteiger partial charge is 0.274 e. The quantitative estimate of drug-likeness (QED) is 0.721. The third-order valence-electron chi connectivity index (χ3n) is 5.71. The van der Waals surface area contributed by atoms with Crippen molar-refractivity contribution in [1.82, 2.24) is 10.0 Å². The number of nitrogens with zero attached hydrogens (tertiary/aromatic N) is 3. The van der Waals surface area contributed by atoms with E-state index in [4.69, 9.17) is 23.2 Å².